The van der Waals surface area contributed by atoms with Gasteiger partial charge in [-0.3, -0.25) is 0 Å². The van der Waals surface area contributed by atoms with E-state index < -0.39 is 12.1 Å². The van der Waals surface area contributed by atoms with Gasteiger partial charge in [-0.05, 0) is 28.3 Å². The van der Waals surface area contributed by atoms with E-state index in [9.17, 15) is 5.11 Å². The average Bonchev–Trinajstić information content (AvgIpc) is 2.63. The van der Waals surface area contributed by atoms with Gasteiger partial charge in [-0.15, -0.1) is 0 Å². The summed E-state index contributed by atoms with van der Waals surface area (Å²) in [6.07, 6.45) is -0.0548. The second-order valence-corrected chi connectivity index (χ2v) is 5.77. The van der Waals surface area contributed by atoms with Crippen LogP contribution in [0.4, 0.5) is 0 Å². The summed E-state index contributed by atoms with van der Waals surface area (Å²) in [5.41, 5.74) is 10.6. The van der Waals surface area contributed by atoms with E-state index in [0.717, 1.165) is 22.3 Å². The summed E-state index contributed by atoms with van der Waals surface area (Å²) < 4.78 is 0. The van der Waals surface area contributed by atoms with Crippen LogP contribution in [0.3, 0.4) is 0 Å². The maximum Gasteiger partial charge on any atom is 0.0773 e. The van der Waals surface area contributed by atoms with E-state index in [1.54, 1.807) is 0 Å². The van der Waals surface area contributed by atoms with Crippen molar-refractivity contribution < 1.29 is 5.11 Å². The fourth-order valence-corrected chi connectivity index (χ4v) is 2.76. The second-order valence-electron chi connectivity index (χ2n) is 5.77. The normalized spacial score (nSPS) is 13.5. The molecule has 116 valence electrons. The molecule has 2 heteroatoms. The molecule has 23 heavy (non-hydrogen) atoms. The van der Waals surface area contributed by atoms with E-state index in [1.165, 1.54) is 0 Å². The van der Waals surface area contributed by atoms with Gasteiger partial charge in [-0.2, -0.15) is 0 Å². The van der Waals surface area contributed by atoms with Gasteiger partial charge >= 0.3 is 0 Å². The third kappa shape index (κ3) is 3.86. The zero-order valence-corrected chi connectivity index (χ0v) is 13.0. The second kappa shape index (κ2) is 7.23. The minimum absolute atomic E-state index is 0.404. The van der Waals surface area contributed by atoms with Crippen LogP contribution in [0.15, 0.2) is 84.9 Å². The topological polar surface area (TPSA) is 46.2 Å². The van der Waals surface area contributed by atoms with Crippen molar-refractivity contribution in [2.24, 2.45) is 5.73 Å². The third-order valence-electron chi connectivity index (χ3n) is 4.08. The van der Waals surface area contributed by atoms with Gasteiger partial charge in [0.25, 0.3) is 0 Å². The number of aliphatic hydroxyl groups is 1. The molecule has 0 spiro atoms. The highest BCUT2D eigenvalue weighted by Crippen LogP contribution is 2.24. The first-order chi connectivity index (χ1) is 11.2. The van der Waals surface area contributed by atoms with Crippen molar-refractivity contribution in [1.29, 1.82) is 0 Å². The minimum atomic E-state index is -0.608. The predicted octanol–water partition coefficient (Wildman–Crippen LogP) is 3.96. The molecule has 3 aromatic rings. The zero-order valence-electron chi connectivity index (χ0n) is 13.0. The van der Waals surface area contributed by atoms with Crippen molar-refractivity contribution in [1.82, 2.24) is 0 Å². The lowest BCUT2D eigenvalue weighted by Crippen LogP contribution is -2.28. The van der Waals surface area contributed by atoms with Crippen LogP contribution in [-0.2, 0) is 6.42 Å². The van der Waals surface area contributed by atoms with Gasteiger partial charge in [0.15, 0.2) is 0 Å². The lowest BCUT2D eigenvalue weighted by atomic mass is 9.94. The Kier molecular flexibility index (Phi) is 4.86. The molecule has 0 radical (unpaired) electrons. The zero-order chi connectivity index (χ0) is 16.1. The summed E-state index contributed by atoms with van der Waals surface area (Å²) in [5, 5.41) is 10.5. The smallest absolute Gasteiger partial charge is 0.0773 e. The number of hydrogen-bond acceptors (Lipinski definition) is 2. The molecular formula is C21H21NO. The van der Waals surface area contributed by atoms with Crippen LogP contribution >= 0.6 is 0 Å². The largest absolute Gasteiger partial charge is 0.391 e. The fourth-order valence-electron chi connectivity index (χ4n) is 2.76. The summed E-state index contributed by atoms with van der Waals surface area (Å²) in [7, 11) is 0. The van der Waals surface area contributed by atoms with Gasteiger partial charge in [0.05, 0.1) is 12.1 Å². The number of aliphatic hydroxyl groups excluding tert-OH is 1. The van der Waals surface area contributed by atoms with E-state index in [2.05, 4.69) is 24.3 Å². The maximum absolute atomic E-state index is 10.5. The monoisotopic (exact) mass is 303 g/mol. The van der Waals surface area contributed by atoms with Gasteiger partial charge in [-0.1, -0.05) is 78.9 Å². The molecule has 0 unspecified atom stereocenters. The van der Waals surface area contributed by atoms with Crippen LogP contribution in [0.5, 0.6) is 0 Å². The highest BCUT2D eigenvalue weighted by Gasteiger charge is 2.17. The molecule has 0 saturated carbocycles. The van der Waals surface area contributed by atoms with Crippen molar-refractivity contribution >= 4 is 0 Å². The summed E-state index contributed by atoms with van der Waals surface area (Å²) in [6, 6.07) is 27.8. The highest BCUT2D eigenvalue weighted by atomic mass is 16.3. The number of hydrogen-bond donors (Lipinski definition) is 2. The quantitative estimate of drug-likeness (QED) is 0.749. The van der Waals surface area contributed by atoms with Crippen LogP contribution in [0.2, 0.25) is 0 Å². The van der Waals surface area contributed by atoms with E-state index in [1.807, 2.05) is 60.7 Å². The Morgan fingerprint density at radius 3 is 2.04 bits per heavy atom. The van der Waals surface area contributed by atoms with Crippen LogP contribution in [0, 0.1) is 0 Å². The summed E-state index contributed by atoms with van der Waals surface area (Å²) in [5.74, 6) is 0. The lowest BCUT2D eigenvalue weighted by Gasteiger charge is -2.20. The maximum atomic E-state index is 10.5. The van der Waals surface area contributed by atoms with Crippen molar-refractivity contribution in [2.75, 3.05) is 0 Å². The molecule has 2 atom stereocenters. The molecule has 2 nitrogen and oxygen atoms in total. The first-order valence-corrected chi connectivity index (χ1v) is 7.87. The Labute approximate surface area is 137 Å². The molecule has 3 rings (SSSR count). The molecule has 0 aliphatic rings. The first kappa shape index (κ1) is 15.5. The van der Waals surface area contributed by atoms with E-state index in [0.29, 0.717) is 6.42 Å². The Bertz CT molecular complexity index is 740. The van der Waals surface area contributed by atoms with Crippen LogP contribution < -0.4 is 5.73 Å². The fraction of sp³-hybridized carbons (Fsp3) is 0.143. The summed E-state index contributed by atoms with van der Waals surface area (Å²) in [4.78, 5) is 0. The molecule has 0 fully saturated rings. The number of nitrogens with two attached hydrogens (primary N) is 1. The van der Waals surface area contributed by atoms with Crippen molar-refractivity contribution in [2.45, 2.75) is 18.6 Å². The van der Waals surface area contributed by atoms with Crippen molar-refractivity contribution in [3.63, 3.8) is 0 Å². The Morgan fingerprint density at radius 1 is 0.739 bits per heavy atom. The molecule has 0 heterocycles. The summed E-state index contributed by atoms with van der Waals surface area (Å²) in [6.45, 7) is 0. The van der Waals surface area contributed by atoms with Crippen molar-refractivity contribution in [3.8, 4) is 11.1 Å². The van der Waals surface area contributed by atoms with Crippen molar-refractivity contribution in [3.05, 3.63) is 96.1 Å². The molecular weight excluding hydrogens is 282 g/mol. The molecule has 0 bridgehead atoms. The molecule has 0 aromatic heterocycles. The Hall–Kier alpha value is -2.42. The third-order valence-corrected chi connectivity index (χ3v) is 4.08. The SMILES string of the molecule is N[C@H](c1cccc(-c2ccccc2)c1)[C@@H](O)Cc1ccccc1. The molecule has 0 aliphatic heterocycles. The van der Waals surface area contributed by atoms with Gasteiger partial charge in [0.1, 0.15) is 0 Å². The standard InChI is InChI=1S/C21H21NO/c22-21(20(23)14-16-8-3-1-4-9-16)19-13-7-12-18(15-19)17-10-5-2-6-11-17/h1-13,15,20-21,23H,14,22H2/t20-,21+/m0/s1. The number of rotatable bonds is 5. The van der Waals surface area contributed by atoms with E-state index >= 15 is 0 Å². The van der Waals surface area contributed by atoms with Crippen LogP contribution in [0.1, 0.15) is 17.2 Å². The molecule has 0 aliphatic carbocycles. The molecule has 0 amide bonds. The van der Waals surface area contributed by atoms with Crippen LogP contribution in [-0.4, -0.2) is 11.2 Å². The first-order valence-electron chi connectivity index (χ1n) is 7.87. The predicted molar refractivity (Wildman–Crippen MR) is 95.0 cm³/mol. The van der Waals surface area contributed by atoms with Gasteiger partial charge in [0.2, 0.25) is 0 Å². The molecule has 0 saturated heterocycles. The van der Waals surface area contributed by atoms with Crippen LogP contribution in [0.25, 0.3) is 11.1 Å². The van der Waals surface area contributed by atoms with Gasteiger partial charge in [-0.25, -0.2) is 0 Å². The number of benzene rings is 3. The van der Waals surface area contributed by atoms with E-state index in [4.69, 9.17) is 5.73 Å². The average molecular weight is 303 g/mol. The lowest BCUT2D eigenvalue weighted by molar-refractivity contribution is 0.145. The Balaban J connectivity index is 1.78. The Morgan fingerprint density at radius 2 is 1.35 bits per heavy atom. The molecule has 3 N–H and O–H groups in total. The van der Waals surface area contributed by atoms with Gasteiger partial charge in [0, 0.05) is 6.42 Å². The highest BCUT2D eigenvalue weighted by molar-refractivity contribution is 5.64. The molecule has 3 aromatic carbocycles. The summed E-state index contributed by atoms with van der Waals surface area (Å²) >= 11 is 0. The van der Waals surface area contributed by atoms with E-state index in [-0.39, 0.29) is 0 Å². The van der Waals surface area contributed by atoms with Gasteiger partial charge < -0.3 is 10.8 Å². The minimum Gasteiger partial charge on any atom is -0.391 e.